The molecule has 2 aliphatic rings. The fourth-order valence-electron chi connectivity index (χ4n) is 9.00. The van der Waals surface area contributed by atoms with Crippen molar-refractivity contribution in [1.82, 2.24) is 0 Å². The van der Waals surface area contributed by atoms with Gasteiger partial charge in [0, 0.05) is 0 Å². The Hall–Kier alpha value is -4.79. The van der Waals surface area contributed by atoms with Crippen LogP contribution in [0.15, 0.2) is 134 Å². The molecule has 0 N–H and O–H groups in total. The maximum absolute atomic E-state index is 18.3. The average Bonchev–Trinajstić information content (AvgIpc) is 3.96. The first-order chi connectivity index (χ1) is 28.2. The molecule has 0 aromatic heterocycles. The summed E-state index contributed by atoms with van der Waals surface area (Å²) in [7, 11) is 0. The van der Waals surface area contributed by atoms with E-state index >= 15 is 17.6 Å². The Kier molecular flexibility index (Phi) is 13.5. The molecule has 4 nitrogen and oxygen atoms in total. The molecule has 0 bridgehead atoms. The summed E-state index contributed by atoms with van der Waals surface area (Å²) in [6.45, 7) is 11.2. The molecule has 0 heterocycles. The third-order valence-electron chi connectivity index (χ3n) is 11.9. The Labute approximate surface area is 350 Å². The van der Waals surface area contributed by atoms with Gasteiger partial charge in [0.05, 0.1) is 0 Å². The van der Waals surface area contributed by atoms with Crippen molar-refractivity contribution in [1.29, 1.82) is 0 Å². The van der Waals surface area contributed by atoms with Gasteiger partial charge in [-0.3, -0.25) is 0 Å². The van der Waals surface area contributed by atoms with Gasteiger partial charge in [-0.2, -0.15) is 0 Å². The minimum absolute atomic E-state index is 0.0103. The second-order valence-electron chi connectivity index (χ2n) is 17.0. The van der Waals surface area contributed by atoms with Crippen molar-refractivity contribution in [3.63, 3.8) is 0 Å². The molecule has 0 aliphatic heterocycles. The molecule has 0 radical (unpaired) electrons. The molecule has 4 aromatic carbocycles. The summed E-state index contributed by atoms with van der Waals surface area (Å²) in [6.07, 6.45) is 16.5. The van der Waals surface area contributed by atoms with Gasteiger partial charge in [0.2, 0.25) is 0 Å². The molecule has 59 heavy (non-hydrogen) atoms. The number of halogens is 4. The van der Waals surface area contributed by atoms with Crippen LogP contribution in [0.5, 0.6) is 0 Å². The predicted octanol–water partition coefficient (Wildman–Crippen LogP) is 11.9. The summed E-state index contributed by atoms with van der Waals surface area (Å²) in [4.78, 5) is 31.9. The van der Waals surface area contributed by atoms with E-state index < -0.39 is 66.9 Å². The number of allylic oxidation sites excluding steroid dienone is 8. The Balaban J connectivity index is 1.68. The molecule has 0 unspecified atom stereocenters. The summed E-state index contributed by atoms with van der Waals surface area (Å²) in [5, 5.41) is 0. The maximum atomic E-state index is 18.3. The van der Waals surface area contributed by atoms with E-state index in [2.05, 4.69) is 0 Å². The molecule has 0 saturated heterocycles. The summed E-state index contributed by atoms with van der Waals surface area (Å²) < 4.78 is 68.7. The standard InChI is InChI=1S/2C20H22F2NO.2C5H5.Ti/c2*1-4-12-20(2,3)19(24)23(14-15-8-6-5-7-9-15)18-11-10-16(21)13-17(18)22;2*1-2-4-5-3-1;/h2*5-11H,4,12,14H2,1-3H3;2*1-5H;. The molecule has 9 heteroatoms. The van der Waals surface area contributed by atoms with Gasteiger partial charge in [-0.1, -0.05) is 0 Å². The van der Waals surface area contributed by atoms with Crippen LogP contribution in [0.25, 0.3) is 0 Å². The number of nitrogens with zero attached hydrogens (tertiary/aromatic N) is 2. The van der Waals surface area contributed by atoms with Crippen LogP contribution in [0.4, 0.5) is 28.9 Å². The van der Waals surface area contributed by atoms with Crippen LogP contribution < -0.4 is 17.5 Å². The molecular formula is C50H54F4N2O2Ti. The van der Waals surface area contributed by atoms with Crippen molar-refractivity contribution in [3.05, 3.63) is 168 Å². The molecule has 0 saturated carbocycles. The van der Waals surface area contributed by atoms with E-state index in [0.717, 1.165) is 23.3 Å². The van der Waals surface area contributed by atoms with E-state index in [1.165, 1.54) is 21.9 Å². The number of hydrogen-bond acceptors (Lipinski definition) is 2. The Morgan fingerprint density at radius 2 is 0.881 bits per heavy atom. The number of carbonyl (C=O) groups is 2. The van der Waals surface area contributed by atoms with Gasteiger partial charge in [0.15, 0.2) is 0 Å². The molecule has 6 rings (SSSR count). The van der Waals surface area contributed by atoms with Crippen LogP contribution in [0.3, 0.4) is 0 Å². The number of rotatable bonds is 16. The van der Waals surface area contributed by atoms with Gasteiger partial charge in [-0.15, -0.1) is 0 Å². The quantitative estimate of drug-likeness (QED) is 0.0833. The van der Waals surface area contributed by atoms with Gasteiger partial charge in [-0.25, -0.2) is 0 Å². The van der Waals surface area contributed by atoms with Crippen molar-refractivity contribution < 1.29 is 43.7 Å². The van der Waals surface area contributed by atoms with Crippen molar-refractivity contribution in [3.8, 4) is 0 Å². The van der Waals surface area contributed by atoms with Crippen LogP contribution in [0, 0.1) is 34.1 Å². The number of amides is 2. The second kappa shape index (κ2) is 18.2. The number of benzene rings is 4. The zero-order valence-corrected chi connectivity index (χ0v) is 36.4. The summed E-state index contributed by atoms with van der Waals surface area (Å²) in [6, 6.07) is 23.1. The topological polar surface area (TPSA) is 40.6 Å². The Morgan fingerprint density at radius 3 is 1.20 bits per heavy atom. The molecular weight excluding hydrogens is 784 g/mol. The first-order valence-corrected chi connectivity index (χ1v) is 23.9. The van der Waals surface area contributed by atoms with Crippen molar-refractivity contribution in [2.45, 2.75) is 88.8 Å². The van der Waals surface area contributed by atoms with E-state index in [0.29, 0.717) is 25.7 Å². The van der Waals surface area contributed by atoms with Crippen molar-refractivity contribution >= 4 is 30.9 Å². The Morgan fingerprint density at radius 1 is 0.542 bits per heavy atom. The zero-order chi connectivity index (χ0) is 42.5. The molecule has 0 spiro atoms. The monoisotopic (exact) mass is 838 g/mol. The van der Waals surface area contributed by atoms with E-state index in [1.807, 2.05) is 102 Å². The van der Waals surface area contributed by atoms with Gasteiger partial charge in [0.25, 0.3) is 0 Å². The molecule has 2 amide bonds. The summed E-state index contributed by atoms with van der Waals surface area (Å²) in [5.41, 5.74) is -0.689. The molecule has 308 valence electrons. The van der Waals surface area contributed by atoms with E-state index in [-0.39, 0.29) is 36.3 Å². The number of carbonyl (C=O) groups excluding carboxylic acids is 2. The first kappa shape index (κ1) is 43.8. The second-order valence-corrected chi connectivity index (χ2v) is 23.4. The molecule has 0 atom stereocenters. The van der Waals surface area contributed by atoms with Crippen LogP contribution in [-0.4, -0.2) is 11.8 Å². The average molecular weight is 839 g/mol. The van der Waals surface area contributed by atoms with Gasteiger partial charge >= 0.3 is 352 Å². The predicted molar refractivity (Wildman–Crippen MR) is 229 cm³/mol. The van der Waals surface area contributed by atoms with E-state index in [9.17, 15) is 9.59 Å². The van der Waals surface area contributed by atoms with E-state index in [1.54, 1.807) is 48.6 Å². The van der Waals surface area contributed by atoms with Crippen LogP contribution in [-0.2, 0) is 39.3 Å². The van der Waals surface area contributed by atoms with Crippen LogP contribution in [0.2, 0.25) is 8.45 Å². The van der Waals surface area contributed by atoms with Crippen LogP contribution in [0.1, 0.15) is 78.4 Å². The van der Waals surface area contributed by atoms with Gasteiger partial charge in [-0.05, 0) is 0 Å². The van der Waals surface area contributed by atoms with Crippen LogP contribution >= 0.6 is 0 Å². The minimum atomic E-state index is -5.35. The third kappa shape index (κ3) is 8.62. The summed E-state index contributed by atoms with van der Waals surface area (Å²) in [5.74, 6) is -4.64. The first-order valence-electron chi connectivity index (χ1n) is 20.6. The SMILES string of the molecule is CCCC(C)(C)C(=O)N(Cc1ccccc1)c1ccc(F)[c]([Ti]([c]2c(F)ccc(N(Cc3ccccc3)C(=O)C(C)(C)CCC)c2F)([CH]2C=CC=C2)[CH]2C=CC=C2)c1F. The van der Waals surface area contributed by atoms with Gasteiger partial charge in [0.1, 0.15) is 0 Å². The zero-order valence-electron chi connectivity index (χ0n) is 34.8. The van der Waals surface area contributed by atoms with Gasteiger partial charge < -0.3 is 0 Å². The normalized spacial score (nSPS) is 14.4. The van der Waals surface area contributed by atoms with Crippen molar-refractivity contribution in [2.24, 2.45) is 10.8 Å². The Bertz CT molecular complexity index is 2100. The van der Waals surface area contributed by atoms with Crippen molar-refractivity contribution in [2.75, 3.05) is 9.80 Å². The molecule has 2 aliphatic carbocycles. The van der Waals surface area contributed by atoms with E-state index in [4.69, 9.17) is 0 Å². The fraction of sp³-hybridized carbons (Fsp3) is 0.320. The molecule has 4 aromatic rings. The summed E-state index contributed by atoms with van der Waals surface area (Å²) >= 11 is -5.35. The fourth-order valence-corrected chi connectivity index (χ4v) is 17.8. The third-order valence-corrected chi connectivity index (χ3v) is 20.4. The molecule has 0 fully saturated rings. The number of anilines is 2. The number of hydrogen-bond donors (Lipinski definition) is 0.